The fourth-order valence-corrected chi connectivity index (χ4v) is 7.01. The average Bonchev–Trinajstić information content (AvgIpc) is 2.90. The molecule has 1 fully saturated rings. The van der Waals surface area contributed by atoms with Crippen LogP contribution in [0.15, 0.2) is 47.4 Å². The number of carbonyl (C=O) groups excluding carboxylic acids is 1. The maximum absolute atomic E-state index is 12.6. The van der Waals surface area contributed by atoms with Crippen LogP contribution >= 0.6 is 0 Å². The van der Waals surface area contributed by atoms with Crippen molar-refractivity contribution in [2.45, 2.75) is 102 Å². The van der Waals surface area contributed by atoms with Crippen LogP contribution in [0.4, 0.5) is 0 Å². The van der Waals surface area contributed by atoms with Gasteiger partial charge in [-0.15, -0.1) is 0 Å². The molecular weight excluding hydrogens is 510 g/mol. The van der Waals surface area contributed by atoms with Crippen molar-refractivity contribution in [2.75, 3.05) is 20.7 Å². The van der Waals surface area contributed by atoms with Crippen LogP contribution in [-0.2, 0) is 26.7 Å². The minimum absolute atomic E-state index is 0.0666. The number of rotatable bonds is 10. The van der Waals surface area contributed by atoms with Gasteiger partial charge in [0.2, 0.25) is 0 Å². The van der Waals surface area contributed by atoms with E-state index in [4.69, 9.17) is 9.29 Å². The maximum atomic E-state index is 12.6. The molecule has 2 aliphatic rings. The third kappa shape index (κ3) is 7.11. The number of carbonyl (C=O) groups is 1. The Bertz CT molecular complexity index is 1230. The molecule has 216 valence electrons. The van der Waals surface area contributed by atoms with Crippen LogP contribution in [0.25, 0.3) is 0 Å². The largest absolute Gasteiger partial charge is 0.497 e. The zero-order valence-corrected chi connectivity index (χ0v) is 25.4. The molecule has 4 rings (SSSR count). The Hall–Kier alpha value is -2.22. The van der Waals surface area contributed by atoms with E-state index in [0.29, 0.717) is 11.8 Å². The second kappa shape index (κ2) is 13.0. The quantitative estimate of drug-likeness (QED) is 0.256. The second-order valence-electron chi connectivity index (χ2n) is 11.9. The summed E-state index contributed by atoms with van der Waals surface area (Å²) >= 11 is 0. The number of aryl methyl sites for hydroxylation is 1. The third-order valence-corrected chi connectivity index (χ3v) is 10.2. The lowest BCUT2D eigenvalue weighted by atomic mass is 9.49. The molecule has 2 bridgehead atoms. The van der Waals surface area contributed by atoms with Gasteiger partial charge in [0.1, 0.15) is 11.5 Å². The Labute approximate surface area is 235 Å². The van der Waals surface area contributed by atoms with Crippen molar-refractivity contribution in [2.24, 2.45) is 5.41 Å². The number of hydrogen-bond donors (Lipinski definition) is 1. The first-order valence-corrected chi connectivity index (χ1v) is 15.7. The molecule has 1 unspecified atom stereocenters. The monoisotopic (exact) mass is 557 g/mol. The molecule has 0 saturated carbocycles. The lowest BCUT2D eigenvalue weighted by Gasteiger charge is -2.62. The molecular formula is C32H47NO5S. The number of methoxy groups -OCH3 is 1. The minimum Gasteiger partial charge on any atom is -0.497 e. The highest BCUT2D eigenvalue weighted by Crippen LogP contribution is 2.58. The Morgan fingerprint density at radius 3 is 2.38 bits per heavy atom. The lowest BCUT2D eigenvalue weighted by Crippen LogP contribution is -2.64. The smallest absolute Gasteiger partial charge is 0.294 e. The van der Waals surface area contributed by atoms with Crippen molar-refractivity contribution in [1.82, 2.24) is 4.90 Å². The van der Waals surface area contributed by atoms with Crippen molar-refractivity contribution >= 4 is 15.9 Å². The van der Waals surface area contributed by atoms with Crippen LogP contribution in [0.1, 0.15) is 88.8 Å². The number of likely N-dealkylation sites (tertiary alicyclic amines) is 1. The molecule has 39 heavy (non-hydrogen) atoms. The number of ketones is 1. The molecule has 1 aliphatic carbocycles. The summed E-state index contributed by atoms with van der Waals surface area (Å²) in [6, 6.07) is 13.1. The molecule has 0 radical (unpaired) electrons. The number of likely N-dealkylation sites (N-methyl/N-ethyl adjacent to an activating group) is 1. The summed E-state index contributed by atoms with van der Waals surface area (Å²) in [4.78, 5) is 15.1. The number of piperidine rings is 1. The van der Waals surface area contributed by atoms with Gasteiger partial charge in [-0.05, 0) is 87.0 Å². The first-order valence-electron chi connectivity index (χ1n) is 14.3. The number of fused-ring (bicyclic) bond motifs is 4. The zero-order chi connectivity index (χ0) is 28.8. The standard InChI is InChI=1S/C25H39NO2.C7H8O3S/c1-6-7-8-9-10-20(27)13-14-25(3)23-17-19-11-12-21(28-5)18-22(19)24(25,2)15-16-26(23)4;1-6-2-4-7(5-3-6)11(8,9)10/h11-12,18,23H,6-10,13-17H2,1-5H3;2-5H,1H3,(H,8,9,10)/t23?,24-,25-;/m1./s1. The molecule has 6 nitrogen and oxygen atoms in total. The summed E-state index contributed by atoms with van der Waals surface area (Å²) in [5.74, 6) is 1.41. The fraction of sp³-hybridized carbons (Fsp3) is 0.594. The molecule has 1 heterocycles. The van der Waals surface area contributed by atoms with Crippen LogP contribution in [0, 0.1) is 12.3 Å². The topological polar surface area (TPSA) is 83.9 Å². The van der Waals surface area contributed by atoms with E-state index in [9.17, 15) is 13.2 Å². The third-order valence-electron chi connectivity index (χ3n) is 9.37. The molecule has 1 N–H and O–H groups in total. The first kappa shape index (κ1) is 31.3. The van der Waals surface area contributed by atoms with Gasteiger partial charge < -0.3 is 9.64 Å². The van der Waals surface area contributed by atoms with Crippen molar-refractivity contribution < 1.29 is 22.5 Å². The Kier molecular flexibility index (Phi) is 10.4. The fourth-order valence-electron chi connectivity index (χ4n) is 6.53. The van der Waals surface area contributed by atoms with Gasteiger partial charge in [0.05, 0.1) is 12.0 Å². The van der Waals surface area contributed by atoms with E-state index in [2.05, 4.69) is 50.9 Å². The number of ether oxygens (including phenoxy) is 1. The van der Waals surface area contributed by atoms with E-state index in [-0.39, 0.29) is 15.7 Å². The predicted molar refractivity (Wildman–Crippen MR) is 157 cm³/mol. The molecule has 2 aromatic carbocycles. The van der Waals surface area contributed by atoms with Crippen molar-refractivity contribution in [3.63, 3.8) is 0 Å². The summed E-state index contributed by atoms with van der Waals surface area (Å²) in [6.07, 6.45) is 9.41. The molecule has 1 saturated heterocycles. The molecule has 0 amide bonds. The molecule has 0 aromatic heterocycles. The van der Waals surface area contributed by atoms with Crippen LogP contribution in [0.5, 0.6) is 5.75 Å². The maximum Gasteiger partial charge on any atom is 0.294 e. The van der Waals surface area contributed by atoms with E-state index in [1.54, 1.807) is 19.2 Å². The summed E-state index contributed by atoms with van der Waals surface area (Å²) in [7, 11) is -0.00140. The highest BCUT2D eigenvalue weighted by atomic mass is 32.2. The highest BCUT2D eigenvalue weighted by Gasteiger charge is 2.57. The van der Waals surface area contributed by atoms with Crippen LogP contribution in [-0.4, -0.2) is 50.4 Å². The number of Topliss-reactive ketones (excluding diaryl/α,β-unsaturated/α-hetero) is 1. The van der Waals surface area contributed by atoms with Crippen LogP contribution in [0.3, 0.4) is 0 Å². The van der Waals surface area contributed by atoms with Gasteiger partial charge in [-0.3, -0.25) is 9.35 Å². The van der Waals surface area contributed by atoms with Crippen molar-refractivity contribution in [1.29, 1.82) is 0 Å². The molecule has 1 aliphatic heterocycles. The molecule has 0 spiro atoms. The van der Waals surface area contributed by atoms with Crippen LogP contribution < -0.4 is 4.74 Å². The van der Waals surface area contributed by atoms with Crippen molar-refractivity contribution in [3.8, 4) is 5.75 Å². The van der Waals surface area contributed by atoms with Gasteiger partial charge in [-0.1, -0.05) is 63.8 Å². The Morgan fingerprint density at radius 1 is 1.08 bits per heavy atom. The first-order chi connectivity index (χ1) is 18.4. The molecule has 3 atom stereocenters. The van der Waals surface area contributed by atoms with Gasteiger partial charge in [0.25, 0.3) is 10.1 Å². The van der Waals surface area contributed by atoms with Crippen LogP contribution in [0.2, 0.25) is 0 Å². The van der Waals surface area contributed by atoms with Gasteiger partial charge in [-0.2, -0.15) is 8.42 Å². The minimum atomic E-state index is -4.02. The average molecular weight is 558 g/mol. The van der Waals surface area contributed by atoms with E-state index < -0.39 is 10.1 Å². The lowest BCUT2D eigenvalue weighted by molar-refractivity contribution is -0.121. The van der Waals surface area contributed by atoms with Gasteiger partial charge in [0, 0.05) is 24.3 Å². The van der Waals surface area contributed by atoms with Gasteiger partial charge >= 0.3 is 0 Å². The van der Waals surface area contributed by atoms with Gasteiger partial charge in [-0.25, -0.2) is 0 Å². The zero-order valence-electron chi connectivity index (χ0n) is 24.6. The van der Waals surface area contributed by atoms with E-state index in [1.165, 1.54) is 42.5 Å². The molecule has 7 heteroatoms. The van der Waals surface area contributed by atoms with E-state index >= 15 is 0 Å². The van der Waals surface area contributed by atoms with Gasteiger partial charge in [0.15, 0.2) is 0 Å². The SMILES string of the molecule is CCCCCCC(=O)CC[C@]1(C)C2Cc3ccc(OC)cc3[C@@]1(C)CCN2C.Cc1ccc(S(=O)(=O)O)cc1. The Balaban J connectivity index is 0.000000320. The van der Waals surface area contributed by atoms with E-state index in [1.807, 2.05) is 6.92 Å². The van der Waals surface area contributed by atoms with E-state index in [0.717, 1.165) is 56.4 Å². The summed E-state index contributed by atoms with van der Waals surface area (Å²) in [6.45, 7) is 10.1. The number of benzene rings is 2. The number of hydrogen-bond acceptors (Lipinski definition) is 5. The second-order valence-corrected chi connectivity index (χ2v) is 13.3. The summed E-state index contributed by atoms with van der Waals surface area (Å²) < 4.78 is 35.1. The van der Waals surface area contributed by atoms with Crippen molar-refractivity contribution in [3.05, 3.63) is 59.2 Å². The highest BCUT2D eigenvalue weighted by molar-refractivity contribution is 7.85. The number of unbranched alkanes of at least 4 members (excludes halogenated alkanes) is 3. The summed E-state index contributed by atoms with van der Waals surface area (Å²) in [5, 5.41) is 0. The Morgan fingerprint density at radius 2 is 1.77 bits per heavy atom. The summed E-state index contributed by atoms with van der Waals surface area (Å²) in [5.41, 5.74) is 4.07. The molecule has 2 aromatic rings. The number of nitrogens with zero attached hydrogens (tertiary/aromatic N) is 1. The predicted octanol–water partition coefficient (Wildman–Crippen LogP) is 6.78. The normalized spacial score (nSPS) is 24.3.